The zero-order chi connectivity index (χ0) is 12.4. The molecule has 5 heteroatoms. The third-order valence-corrected chi connectivity index (χ3v) is 2.84. The van der Waals surface area contributed by atoms with Gasteiger partial charge in [0, 0.05) is 12.6 Å². The Hall–Kier alpha value is -2.14. The van der Waals surface area contributed by atoms with Gasteiger partial charge in [0.05, 0.1) is 12.8 Å². The minimum absolute atomic E-state index is 0.571. The number of aromatic nitrogens is 3. The van der Waals surface area contributed by atoms with E-state index in [4.69, 9.17) is 10.2 Å². The van der Waals surface area contributed by atoms with Gasteiger partial charge in [-0.3, -0.25) is 0 Å². The quantitative estimate of drug-likeness (QED) is 0.754. The molecule has 2 N–H and O–H groups in total. The Morgan fingerprint density at radius 1 is 1.28 bits per heavy atom. The highest BCUT2D eigenvalue weighted by atomic mass is 16.3. The fourth-order valence-corrected chi connectivity index (χ4v) is 2.05. The Kier molecular flexibility index (Phi) is 2.82. The molecule has 3 aromatic heterocycles. The number of nitrogens with zero attached hydrogens (tertiary/aromatic N) is 3. The Bertz CT molecular complexity index is 642. The van der Waals surface area contributed by atoms with Crippen LogP contribution in [0.1, 0.15) is 11.6 Å². The average Bonchev–Trinajstić information content (AvgIpc) is 3.00. The zero-order valence-electron chi connectivity index (χ0n) is 9.91. The van der Waals surface area contributed by atoms with E-state index in [0.717, 1.165) is 29.2 Å². The molecule has 5 nitrogen and oxygen atoms in total. The summed E-state index contributed by atoms with van der Waals surface area (Å²) in [5, 5.41) is 0. The fourth-order valence-electron chi connectivity index (χ4n) is 2.05. The van der Waals surface area contributed by atoms with Gasteiger partial charge in [-0.15, -0.1) is 0 Å². The second-order valence-electron chi connectivity index (χ2n) is 4.08. The average molecular weight is 242 g/mol. The van der Waals surface area contributed by atoms with E-state index < -0.39 is 0 Å². The molecule has 0 aliphatic heterocycles. The van der Waals surface area contributed by atoms with E-state index in [1.165, 1.54) is 0 Å². The molecular formula is C13H14N4O. The van der Waals surface area contributed by atoms with Crippen molar-refractivity contribution in [3.63, 3.8) is 0 Å². The van der Waals surface area contributed by atoms with Crippen molar-refractivity contribution in [2.45, 2.75) is 13.0 Å². The molecule has 0 aliphatic carbocycles. The van der Waals surface area contributed by atoms with Crippen molar-refractivity contribution < 1.29 is 4.42 Å². The SMILES string of the molecule is NCCc1nc2cccnc2n1Cc1ccco1. The van der Waals surface area contributed by atoms with Crippen molar-refractivity contribution in [1.29, 1.82) is 0 Å². The molecule has 3 aromatic rings. The van der Waals surface area contributed by atoms with Crippen molar-refractivity contribution in [2.24, 2.45) is 5.73 Å². The molecule has 0 saturated carbocycles. The van der Waals surface area contributed by atoms with Crippen LogP contribution in [0.3, 0.4) is 0 Å². The highest BCUT2D eigenvalue weighted by molar-refractivity contribution is 5.71. The van der Waals surface area contributed by atoms with E-state index in [0.29, 0.717) is 13.1 Å². The third-order valence-electron chi connectivity index (χ3n) is 2.84. The molecule has 3 heterocycles. The molecule has 0 saturated heterocycles. The Morgan fingerprint density at radius 2 is 2.22 bits per heavy atom. The molecule has 3 rings (SSSR count). The lowest BCUT2D eigenvalue weighted by Gasteiger charge is -2.05. The van der Waals surface area contributed by atoms with Gasteiger partial charge in [0.2, 0.25) is 0 Å². The number of hydrogen-bond donors (Lipinski definition) is 1. The summed E-state index contributed by atoms with van der Waals surface area (Å²) in [5.74, 6) is 1.83. The number of hydrogen-bond acceptors (Lipinski definition) is 4. The topological polar surface area (TPSA) is 69.9 Å². The molecule has 0 radical (unpaired) electrons. The molecular weight excluding hydrogens is 228 g/mol. The lowest BCUT2D eigenvalue weighted by Crippen LogP contribution is -2.11. The summed E-state index contributed by atoms with van der Waals surface area (Å²) in [4.78, 5) is 8.94. The van der Waals surface area contributed by atoms with Crippen LogP contribution in [-0.4, -0.2) is 21.1 Å². The van der Waals surface area contributed by atoms with Gasteiger partial charge in [0.1, 0.15) is 17.1 Å². The molecule has 0 fully saturated rings. The molecule has 0 spiro atoms. The van der Waals surface area contributed by atoms with Crippen LogP contribution in [0.25, 0.3) is 11.2 Å². The maximum atomic E-state index is 5.63. The van der Waals surface area contributed by atoms with Crippen LogP contribution in [0, 0.1) is 0 Å². The van der Waals surface area contributed by atoms with E-state index >= 15 is 0 Å². The first-order chi connectivity index (χ1) is 8.88. The summed E-state index contributed by atoms with van der Waals surface area (Å²) in [6.07, 6.45) is 4.18. The first-order valence-corrected chi connectivity index (χ1v) is 5.91. The van der Waals surface area contributed by atoms with Crippen LogP contribution in [0.5, 0.6) is 0 Å². The van der Waals surface area contributed by atoms with Gasteiger partial charge in [-0.05, 0) is 30.8 Å². The third kappa shape index (κ3) is 1.89. The van der Waals surface area contributed by atoms with Gasteiger partial charge in [-0.25, -0.2) is 9.97 Å². The van der Waals surface area contributed by atoms with Gasteiger partial charge in [-0.1, -0.05) is 0 Å². The highest BCUT2D eigenvalue weighted by Crippen LogP contribution is 2.16. The van der Waals surface area contributed by atoms with E-state index in [9.17, 15) is 0 Å². The van der Waals surface area contributed by atoms with Gasteiger partial charge < -0.3 is 14.7 Å². The van der Waals surface area contributed by atoms with Gasteiger partial charge in [0.25, 0.3) is 0 Å². The van der Waals surface area contributed by atoms with Crippen molar-refractivity contribution in [3.05, 3.63) is 48.3 Å². The van der Waals surface area contributed by atoms with Crippen LogP contribution < -0.4 is 5.73 Å². The van der Waals surface area contributed by atoms with Crippen molar-refractivity contribution in [2.75, 3.05) is 6.54 Å². The van der Waals surface area contributed by atoms with Gasteiger partial charge >= 0.3 is 0 Å². The molecule has 18 heavy (non-hydrogen) atoms. The molecule has 0 aromatic carbocycles. The molecule has 0 aliphatic rings. The van der Waals surface area contributed by atoms with Crippen molar-refractivity contribution in [1.82, 2.24) is 14.5 Å². The molecule has 0 unspecified atom stereocenters. The first kappa shape index (κ1) is 11.0. The summed E-state index contributed by atoms with van der Waals surface area (Å²) in [5.41, 5.74) is 7.40. The van der Waals surface area contributed by atoms with Crippen molar-refractivity contribution >= 4 is 11.2 Å². The summed E-state index contributed by atoms with van der Waals surface area (Å²) >= 11 is 0. The molecule has 0 atom stereocenters. The Balaban J connectivity index is 2.09. The number of pyridine rings is 1. The maximum Gasteiger partial charge on any atom is 0.160 e. The standard InChI is InChI=1S/C13H14N4O/c14-6-5-12-16-11-4-1-7-15-13(11)17(12)9-10-3-2-8-18-10/h1-4,7-8H,5-6,9,14H2. The number of nitrogens with two attached hydrogens (primary N) is 1. The zero-order valence-corrected chi connectivity index (χ0v) is 9.91. The maximum absolute atomic E-state index is 5.63. The monoisotopic (exact) mass is 242 g/mol. The number of rotatable bonds is 4. The molecule has 0 bridgehead atoms. The van der Waals surface area contributed by atoms with Gasteiger partial charge in [0.15, 0.2) is 5.65 Å². The highest BCUT2D eigenvalue weighted by Gasteiger charge is 2.12. The van der Waals surface area contributed by atoms with Crippen LogP contribution >= 0.6 is 0 Å². The molecule has 92 valence electrons. The van der Waals surface area contributed by atoms with E-state index in [2.05, 4.69) is 14.5 Å². The summed E-state index contributed by atoms with van der Waals surface area (Å²) in [6, 6.07) is 7.67. The normalized spacial score (nSPS) is 11.2. The van der Waals surface area contributed by atoms with Crippen LogP contribution in [0.2, 0.25) is 0 Å². The Labute approximate surface area is 104 Å². The Morgan fingerprint density at radius 3 is 3.00 bits per heavy atom. The van der Waals surface area contributed by atoms with Gasteiger partial charge in [-0.2, -0.15) is 0 Å². The molecule has 0 amide bonds. The summed E-state index contributed by atoms with van der Waals surface area (Å²) < 4.78 is 7.44. The fraction of sp³-hybridized carbons (Fsp3) is 0.231. The summed E-state index contributed by atoms with van der Waals surface area (Å²) in [6.45, 7) is 1.21. The second kappa shape index (κ2) is 4.62. The predicted octanol–water partition coefficient (Wildman–Crippen LogP) is 1.57. The number of fused-ring (bicyclic) bond motifs is 1. The van der Waals surface area contributed by atoms with E-state index in [-0.39, 0.29) is 0 Å². The van der Waals surface area contributed by atoms with E-state index in [1.807, 2.05) is 24.3 Å². The van der Waals surface area contributed by atoms with Crippen molar-refractivity contribution in [3.8, 4) is 0 Å². The smallest absolute Gasteiger partial charge is 0.160 e. The number of imidazole rings is 1. The second-order valence-corrected chi connectivity index (χ2v) is 4.08. The van der Waals surface area contributed by atoms with Crippen LogP contribution in [0.15, 0.2) is 41.1 Å². The largest absolute Gasteiger partial charge is 0.467 e. The number of furan rings is 1. The van der Waals surface area contributed by atoms with Crippen LogP contribution in [-0.2, 0) is 13.0 Å². The summed E-state index contributed by atoms with van der Waals surface area (Å²) in [7, 11) is 0. The lowest BCUT2D eigenvalue weighted by atomic mass is 10.4. The minimum atomic E-state index is 0.571. The first-order valence-electron chi connectivity index (χ1n) is 5.91. The predicted molar refractivity (Wildman–Crippen MR) is 68.1 cm³/mol. The van der Waals surface area contributed by atoms with Crippen LogP contribution in [0.4, 0.5) is 0 Å². The minimum Gasteiger partial charge on any atom is -0.467 e. The van der Waals surface area contributed by atoms with E-state index in [1.54, 1.807) is 12.5 Å². The lowest BCUT2D eigenvalue weighted by molar-refractivity contribution is 0.491.